The minimum absolute atomic E-state index is 0.00829. The van der Waals surface area contributed by atoms with Crippen LogP contribution in [0.3, 0.4) is 0 Å². The number of ether oxygens (including phenoxy) is 1. The van der Waals surface area contributed by atoms with Gasteiger partial charge in [-0.2, -0.15) is 0 Å². The van der Waals surface area contributed by atoms with E-state index in [9.17, 15) is 19.5 Å². The highest BCUT2D eigenvalue weighted by Gasteiger charge is 2.53. The van der Waals surface area contributed by atoms with E-state index in [0.29, 0.717) is 19.4 Å². The molecule has 1 aliphatic heterocycles. The summed E-state index contributed by atoms with van der Waals surface area (Å²) in [6, 6.07) is 16.3. The standard InChI is InChI=1S/C27H30N2O5/c1-17-14-18(24(30)31)10-13-29(17)25(32)27(11-12-27)16-28-26(33)34-15-23-21-8-4-2-6-19(21)20-7-3-5-9-22(20)23/h2-9,17-18,23H,10-16H2,1H3,(H,28,33)(H,30,31)/t17-,18-/m1/s1. The SMILES string of the molecule is C[C@@H]1C[C@H](C(=O)O)CCN1C(=O)C1(CNC(=O)OCC2c3ccccc3-c3ccccc32)CC1. The van der Waals surface area contributed by atoms with Gasteiger partial charge in [0.05, 0.1) is 11.3 Å². The van der Waals surface area contributed by atoms with E-state index in [1.54, 1.807) is 4.90 Å². The number of carboxylic acid groups (broad SMARTS) is 1. The van der Waals surface area contributed by atoms with E-state index in [0.717, 1.165) is 24.0 Å². The zero-order valence-corrected chi connectivity index (χ0v) is 19.3. The molecule has 1 saturated heterocycles. The van der Waals surface area contributed by atoms with Crippen LogP contribution in [0.5, 0.6) is 0 Å². The van der Waals surface area contributed by atoms with Gasteiger partial charge in [0.25, 0.3) is 0 Å². The van der Waals surface area contributed by atoms with Crippen molar-refractivity contribution >= 4 is 18.0 Å². The molecule has 2 atom stereocenters. The van der Waals surface area contributed by atoms with E-state index < -0.39 is 23.4 Å². The first-order chi connectivity index (χ1) is 16.4. The van der Waals surface area contributed by atoms with Crippen molar-refractivity contribution in [1.29, 1.82) is 0 Å². The molecule has 178 valence electrons. The highest BCUT2D eigenvalue weighted by Crippen LogP contribution is 2.48. The van der Waals surface area contributed by atoms with E-state index in [4.69, 9.17) is 4.74 Å². The number of nitrogens with one attached hydrogen (secondary N) is 1. The van der Waals surface area contributed by atoms with Crippen molar-refractivity contribution < 1.29 is 24.2 Å². The fourth-order valence-corrected chi connectivity index (χ4v) is 5.51. The van der Waals surface area contributed by atoms with Gasteiger partial charge in [-0.1, -0.05) is 48.5 Å². The molecule has 2 amide bonds. The predicted molar refractivity (Wildman–Crippen MR) is 126 cm³/mol. The number of alkyl carbamates (subject to hydrolysis) is 1. The fraction of sp³-hybridized carbons (Fsp3) is 0.444. The van der Waals surface area contributed by atoms with Crippen molar-refractivity contribution in [2.24, 2.45) is 11.3 Å². The van der Waals surface area contributed by atoms with Gasteiger partial charge in [0.2, 0.25) is 5.91 Å². The van der Waals surface area contributed by atoms with Gasteiger partial charge in [-0.15, -0.1) is 0 Å². The van der Waals surface area contributed by atoms with E-state index in [2.05, 4.69) is 29.6 Å². The molecule has 2 fully saturated rings. The first kappa shape index (κ1) is 22.4. The predicted octanol–water partition coefficient (Wildman–Crippen LogP) is 4.02. The molecule has 0 unspecified atom stereocenters. The van der Waals surface area contributed by atoms with Crippen LogP contribution in [-0.2, 0) is 14.3 Å². The lowest BCUT2D eigenvalue weighted by molar-refractivity contribution is -0.149. The monoisotopic (exact) mass is 462 g/mol. The maximum absolute atomic E-state index is 13.2. The largest absolute Gasteiger partial charge is 0.481 e. The third kappa shape index (κ3) is 4.04. The van der Waals surface area contributed by atoms with Crippen LogP contribution < -0.4 is 5.32 Å². The lowest BCUT2D eigenvalue weighted by atomic mass is 9.90. The number of hydrogen-bond acceptors (Lipinski definition) is 4. The number of aliphatic carboxylic acids is 1. The van der Waals surface area contributed by atoms with Crippen LogP contribution in [0.2, 0.25) is 0 Å². The molecule has 7 heteroatoms. The Morgan fingerprint density at radius 1 is 1.06 bits per heavy atom. The topological polar surface area (TPSA) is 95.9 Å². The first-order valence-corrected chi connectivity index (χ1v) is 12.0. The number of fused-ring (bicyclic) bond motifs is 3. The van der Waals surface area contributed by atoms with Crippen LogP contribution in [0.25, 0.3) is 11.1 Å². The zero-order valence-electron chi connectivity index (χ0n) is 19.3. The fourth-order valence-electron chi connectivity index (χ4n) is 5.51. The quantitative estimate of drug-likeness (QED) is 0.676. The minimum Gasteiger partial charge on any atom is -0.481 e. The molecular formula is C27H30N2O5. The summed E-state index contributed by atoms with van der Waals surface area (Å²) in [5.74, 6) is -1.18. The zero-order chi connectivity index (χ0) is 23.9. The third-order valence-electron chi connectivity index (χ3n) is 7.71. The second kappa shape index (κ2) is 8.78. The summed E-state index contributed by atoms with van der Waals surface area (Å²) in [5.41, 5.74) is 4.08. The van der Waals surface area contributed by atoms with Crippen LogP contribution in [0.15, 0.2) is 48.5 Å². The number of carboxylic acids is 1. The second-order valence-corrected chi connectivity index (χ2v) is 9.87. The first-order valence-electron chi connectivity index (χ1n) is 12.0. The summed E-state index contributed by atoms with van der Waals surface area (Å²) in [7, 11) is 0. The number of rotatable bonds is 6. The van der Waals surface area contributed by atoms with Crippen molar-refractivity contribution in [1.82, 2.24) is 10.2 Å². The molecule has 0 radical (unpaired) electrons. The highest BCUT2D eigenvalue weighted by molar-refractivity contribution is 5.87. The van der Waals surface area contributed by atoms with Gasteiger partial charge in [-0.3, -0.25) is 9.59 Å². The van der Waals surface area contributed by atoms with Crippen molar-refractivity contribution in [3.8, 4) is 11.1 Å². The van der Waals surface area contributed by atoms with Crippen molar-refractivity contribution in [3.05, 3.63) is 59.7 Å². The Balaban J connectivity index is 1.17. The minimum atomic E-state index is -0.794. The van der Waals surface area contributed by atoms with Gasteiger partial charge in [0.1, 0.15) is 6.61 Å². The lowest BCUT2D eigenvalue weighted by Crippen LogP contribution is -2.51. The van der Waals surface area contributed by atoms with Gasteiger partial charge < -0.3 is 20.1 Å². The van der Waals surface area contributed by atoms with Crippen molar-refractivity contribution in [3.63, 3.8) is 0 Å². The lowest BCUT2D eigenvalue weighted by Gasteiger charge is -2.38. The molecule has 1 heterocycles. The highest BCUT2D eigenvalue weighted by atomic mass is 16.5. The summed E-state index contributed by atoms with van der Waals surface area (Å²) in [6.07, 6.45) is 1.87. The molecule has 2 aromatic carbocycles. The summed E-state index contributed by atoms with van der Waals surface area (Å²) in [4.78, 5) is 38.9. The smallest absolute Gasteiger partial charge is 0.407 e. The van der Waals surface area contributed by atoms with E-state index in [1.807, 2.05) is 31.2 Å². The van der Waals surface area contributed by atoms with Gasteiger partial charge in [-0.05, 0) is 54.9 Å². The normalized spacial score (nSPS) is 22.4. The maximum Gasteiger partial charge on any atom is 0.407 e. The summed E-state index contributed by atoms with van der Waals surface area (Å²) >= 11 is 0. The van der Waals surface area contributed by atoms with E-state index in [1.165, 1.54) is 11.1 Å². The van der Waals surface area contributed by atoms with E-state index >= 15 is 0 Å². The average Bonchev–Trinajstić information content (AvgIpc) is 3.57. The Hall–Kier alpha value is -3.35. The van der Waals surface area contributed by atoms with Crippen LogP contribution in [0.1, 0.15) is 49.7 Å². The Labute approximate surface area is 199 Å². The number of hydrogen-bond donors (Lipinski definition) is 2. The van der Waals surface area contributed by atoms with E-state index in [-0.39, 0.29) is 31.0 Å². The summed E-state index contributed by atoms with van der Waals surface area (Å²) in [5, 5.41) is 12.1. The number of carbonyl (C=O) groups is 3. The Morgan fingerprint density at radius 2 is 1.68 bits per heavy atom. The molecule has 2 N–H and O–H groups in total. The van der Waals surface area contributed by atoms with Crippen LogP contribution in [-0.4, -0.2) is 53.7 Å². The van der Waals surface area contributed by atoms with Crippen molar-refractivity contribution in [2.45, 2.75) is 44.6 Å². The van der Waals surface area contributed by atoms with Crippen LogP contribution in [0.4, 0.5) is 4.79 Å². The molecule has 3 aliphatic rings. The van der Waals surface area contributed by atoms with Gasteiger partial charge in [0, 0.05) is 25.0 Å². The molecule has 34 heavy (non-hydrogen) atoms. The molecular weight excluding hydrogens is 432 g/mol. The average molecular weight is 463 g/mol. The number of likely N-dealkylation sites (tertiary alicyclic amines) is 1. The maximum atomic E-state index is 13.2. The van der Waals surface area contributed by atoms with Gasteiger partial charge in [-0.25, -0.2) is 4.79 Å². The summed E-state index contributed by atoms with van der Waals surface area (Å²) < 4.78 is 5.61. The Bertz CT molecular complexity index is 1080. The molecule has 0 spiro atoms. The van der Waals surface area contributed by atoms with Gasteiger partial charge in [0.15, 0.2) is 0 Å². The molecule has 2 aliphatic carbocycles. The molecule has 7 nitrogen and oxygen atoms in total. The number of carbonyl (C=O) groups excluding carboxylic acids is 2. The summed E-state index contributed by atoms with van der Waals surface area (Å²) in [6.45, 7) is 2.83. The number of amides is 2. The molecule has 5 rings (SSSR count). The second-order valence-electron chi connectivity index (χ2n) is 9.87. The van der Waals surface area contributed by atoms with Crippen LogP contribution in [0, 0.1) is 11.3 Å². The Morgan fingerprint density at radius 3 is 2.24 bits per heavy atom. The van der Waals surface area contributed by atoms with Crippen LogP contribution >= 0.6 is 0 Å². The molecule has 1 saturated carbocycles. The number of piperidine rings is 1. The Kier molecular flexibility index (Phi) is 5.80. The molecule has 2 aromatic rings. The van der Waals surface area contributed by atoms with Crippen molar-refractivity contribution in [2.75, 3.05) is 19.7 Å². The molecule has 0 bridgehead atoms. The third-order valence-corrected chi connectivity index (χ3v) is 7.71. The van der Waals surface area contributed by atoms with Gasteiger partial charge >= 0.3 is 12.1 Å². The number of nitrogens with zero attached hydrogens (tertiary/aromatic N) is 1. The molecule has 0 aromatic heterocycles. The number of benzene rings is 2.